The van der Waals surface area contributed by atoms with Crippen molar-refractivity contribution in [3.05, 3.63) is 72.3 Å². The summed E-state index contributed by atoms with van der Waals surface area (Å²) in [6.07, 6.45) is 4.95. The van der Waals surface area contributed by atoms with Crippen molar-refractivity contribution in [3.8, 4) is 0 Å². The van der Waals surface area contributed by atoms with Gasteiger partial charge in [0.2, 0.25) is 0 Å². The third-order valence-electron chi connectivity index (χ3n) is 4.99. The molecule has 21 heavy (non-hydrogen) atoms. The Morgan fingerprint density at radius 1 is 0.762 bits per heavy atom. The predicted octanol–water partition coefficient (Wildman–Crippen LogP) is 4.62. The summed E-state index contributed by atoms with van der Waals surface area (Å²) in [5.41, 5.74) is 4.34. The van der Waals surface area contributed by atoms with Gasteiger partial charge in [-0.05, 0) is 47.9 Å². The lowest BCUT2D eigenvalue weighted by molar-refractivity contribution is 0.418. The molecule has 1 saturated heterocycles. The predicted molar refractivity (Wildman–Crippen MR) is 89.3 cm³/mol. The number of allylic oxidation sites excluding steroid dienone is 2. The van der Waals surface area contributed by atoms with E-state index in [1.165, 1.54) is 37.2 Å². The fraction of sp³-hybridized carbons (Fsp3) is 0.300. The quantitative estimate of drug-likeness (QED) is 0.773. The van der Waals surface area contributed by atoms with E-state index in [4.69, 9.17) is 0 Å². The molecule has 2 aromatic rings. The Morgan fingerprint density at radius 3 is 2.19 bits per heavy atom. The molecule has 106 valence electrons. The highest BCUT2D eigenvalue weighted by Crippen LogP contribution is 2.40. The number of para-hydroxylation sites is 1. The molecule has 0 amide bonds. The molecule has 1 heteroatoms. The van der Waals surface area contributed by atoms with E-state index in [0.29, 0.717) is 0 Å². The molecule has 4 rings (SSSR count). The minimum atomic E-state index is 0.811. The summed E-state index contributed by atoms with van der Waals surface area (Å²) >= 11 is 0. The largest absolute Gasteiger partial charge is 0.371 e. The molecule has 1 nitrogen and oxygen atoms in total. The van der Waals surface area contributed by atoms with Gasteiger partial charge in [-0.1, -0.05) is 54.6 Å². The average Bonchev–Trinajstić information content (AvgIpc) is 2.99. The Balaban J connectivity index is 1.51. The first kappa shape index (κ1) is 12.7. The second-order valence-corrected chi connectivity index (χ2v) is 6.30. The Morgan fingerprint density at radius 2 is 1.43 bits per heavy atom. The molecule has 0 radical (unpaired) electrons. The molecule has 0 aromatic heterocycles. The molecule has 1 fully saturated rings. The van der Waals surface area contributed by atoms with Crippen LogP contribution in [0.3, 0.4) is 0 Å². The van der Waals surface area contributed by atoms with Crippen molar-refractivity contribution in [2.75, 3.05) is 18.0 Å². The Kier molecular flexibility index (Phi) is 3.27. The van der Waals surface area contributed by atoms with Crippen LogP contribution in [0.15, 0.2) is 66.7 Å². The van der Waals surface area contributed by atoms with E-state index in [1.807, 2.05) is 0 Å². The summed E-state index contributed by atoms with van der Waals surface area (Å²) < 4.78 is 0. The van der Waals surface area contributed by atoms with E-state index >= 15 is 0 Å². The second-order valence-electron chi connectivity index (χ2n) is 6.30. The van der Waals surface area contributed by atoms with Gasteiger partial charge < -0.3 is 4.90 Å². The van der Waals surface area contributed by atoms with Crippen molar-refractivity contribution in [2.45, 2.75) is 12.8 Å². The third-order valence-corrected chi connectivity index (χ3v) is 4.99. The lowest BCUT2D eigenvalue weighted by atomic mass is 9.80. The zero-order valence-corrected chi connectivity index (χ0v) is 12.3. The highest BCUT2D eigenvalue weighted by atomic mass is 15.2. The van der Waals surface area contributed by atoms with Crippen molar-refractivity contribution in [1.29, 1.82) is 0 Å². The molecule has 0 bridgehead atoms. The highest BCUT2D eigenvalue weighted by Gasteiger charge is 2.34. The average molecular weight is 275 g/mol. The molecule has 1 aliphatic carbocycles. The van der Waals surface area contributed by atoms with Crippen LogP contribution < -0.4 is 4.90 Å². The molecule has 2 aliphatic rings. The van der Waals surface area contributed by atoms with Gasteiger partial charge in [0, 0.05) is 18.8 Å². The lowest BCUT2D eigenvalue weighted by Crippen LogP contribution is -2.19. The lowest BCUT2D eigenvalue weighted by Gasteiger charge is -2.24. The van der Waals surface area contributed by atoms with Crippen molar-refractivity contribution in [1.82, 2.24) is 0 Å². The SMILES string of the molecule is C1=C(c2ccccc2)CC2CN(c3ccccc3)CC2C1. The van der Waals surface area contributed by atoms with Crippen molar-refractivity contribution in [2.24, 2.45) is 11.8 Å². The highest BCUT2D eigenvalue weighted by molar-refractivity contribution is 5.67. The van der Waals surface area contributed by atoms with E-state index in [1.54, 1.807) is 5.57 Å². The molecule has 0 spiro atoms. The van der Waals surface area contributed by atoms with E-state index in [0.717, 1.165) is 11.8 Å². The van der Waals surface area contributed by atoms with Crippen molar-refractivity contribution in [3.63, 3.8) is 0 Å². The van der Waals surface area contributed by atoms with Gasteiger partial charge in [-0.2, -0.15) is 0 Å². The minimum absolute atomic E-state index is 0.811. The van der Waals surface area contributed by atoms with Gasteiger partial charge in [0.1, 0.15) is 0 Å². The van der Waals surface area contributed by atoms with Crippen LogP contribution in [0.25, 0.3) is 5.57 Å². The topological polar surface area (TPSA) is 3.24 Å². The zero-order chi connectivity index (χ0) is 14.1. The summed E-state index contributed by atoms with van der Waals surface area (Å²) in [6.45, 7) is 2.42. The van der Waals surface area contributed by atoms with Crippen LogP contribution in [0.4, 0.5) is 5.69 Å². The fourth-order valence-electron chi connectivity index (χ4n) is 3.83. The van der Waals surface area contributed by atoms with Crippen LogP contribution in [0.2, 0.25) is 0 Å². The van der Waals surface area contributed by atoms with Gasteiger partial charge in [0.05, 0.1) is 0 Å². The molecule has 2 unspecified atom stereocenters. The number of fused-ring (bicyclic) bond motifs is 1. The van der Waals surface area contributed by atoms with Crippen LogP contribution in [0, 0.1) is 11.8 Å². The normalized spacial score (nSPS) is 24.6. The third kappa shape index (κ3) is 2.49. The first-order valence-electron chi connectivity index (χ1n) is 7.94. The molecule has 1 aliphatic heterocycles. The molecule has 2 aromatic carbocycles. The molecule has 2 atom stereocenters. The summed E-state index contributed by atoms with van der Waals surface area (Å²) in [6, 6.07) is 21.7. The van der Waals surface area contributed by atoms with Crippen molar-refractivity contribution >= 4 is 11.3 Å². The molecule has 0 saturated carbocycles. The monoisotopic (exact) mass is 275 g/mol. The van der Waals surface area contributed by atoms with E-state index in [-0.39, 0.29) is 0 Å². The zero-order valence-electron chi connectivity index (χ0n) is 12.3. The fourth-order valence-corrected chi connectivity index (χ4v) is 3.83. The van der Waals surface area contributed by atoms with Crippen LogP contribution in [0.1, 0.15) is 18.4 Å². The van der Waals surface area contributed by atoms with E-state index < -0.39 is 0 Å². The van der Waals surface area contributed by atoms with Crippen LogP contribution in [-0.2, 0) is 0 Å². The van der Waals surface area contributed by atoms with Gasteiger partial charge in [-0.15, -0.1) is 0 Å². The molecular formula is C20H21N. The summed E-state index contributed by atoms with van der Waals surface area (Å²) in [4.78, 5) is 2.57. The number of nitrogens with zero attached hydrogens (tertiary/aromatic N) is 1. The van der Waals surface area contributed by atoms with Gasteiger partial charge >= 0.3 is 0 Å². The van der Waals surface area contributed by atoms with Gasteiger partial charge in [0.15, 0.2) is 0 Å². The Hall–Kier alpha value is -2.02. The molecule has 0 N–H and O–H groups in total. The maximum atomic E-state index is 2.57. The van der Waals surface area contributed by atoms with Crippen molar-refractivity contribution < 1.29 is 0 Å². The van der Waals surface area contributed by atoms with Crippen LogP contribution >= 0.6 is 0 Å². The van der Waals surface area contributed by atoms with E-state index in [2.05, 4.69) is 71.6 Å². The summed E-state index contributed by atoms with van der Waals surface area (Å²) in [5, 5.41) is 0. The van der Waals surface area contributed by atoms with Crippen LogP contribution in [0.5, 0.6) is 0 Å². The number of rotatable bonds is 2. The van der Waals surface area contributed by atoms with Gasteiger partial charge in [-0.3, -0.25) is 0 Å². The first-order chi connectivity index (χ1) is 10.4. The Labute approximate surface area is 126 Å². The first-order valence-corrected chi connectivity index (χ1v) is 7.94. The number of hydrogen-bond acceptors (Lipinski definition) is 1. The van der Waals surface area contributed by atoms with Gasteiger partial charge in [0.25, 0.3) is 0 Å². The molecule has 1 heterocycles. The van der Waals surface area contributed by atoms with Gasteiger partial charge in [-0.25, -0.2) is 0 Å². The maximum absolute atomic E-state index is 2.57. The second kappa shape index (κ2) is 5.40. The number of anilines is 1. The minimum Gasteiger partial charge on any atom is -0.371 e. The number of hydrogen-bond donors (Lipinski definition) is 0. The molecular weight excluding hydrogens is 254 g/mol. The smallest absolute Gasteiger partial charge is 0.0366 e. The summed E-state index contributed by atoms with van der Waals surface area (Å²) in [7, 11) is 0. The number of benzene rings is 2. The van der Waals surface area contributed by atoms with Crippen LogP contribution in [-0.4, -0.2) is 13.1 Å². The van der Waals surface area contributed by atoms with E-state index in [9.17, 15) is 0 Å². The maximum Gasteiger partial charge on any atom is 0.0366 e. The Bertz CT molecular complexity index is 629. The summed E-state index contributed by atoms with van der Waals surface area (Å²) in [5.74, 6) is 1.64. The standard InChI is InChI=1S/C20H21N/c1-3-7-16(8-4-1)17-11-12-18-14-21(15-19(18)13-17)20-9-5-2-6-10-20/h1-11,18-19H,12-15H2.